The van der Waals surface area contributed by atoms with Crippen LogP contribution in [-0.4, -0.2) is 63.4 Å². The average Bonchev–Trinajstić information content (AvgIpc) is 3.16. The number of carbonyl (C=O) groups is 1. The summed E-state index contributed by atoms with van der Waals surface area (Å²) in [6.07, 6.45) is 2.78. The number of hydrogen-bond donors (Lipinski definition) is 1. The quantitative estimate of drug-likeness (QED) is 0.737. The molecule has 2 aromatic heterocycles. The number of carbonyl (C=O) groups excluding carboxylic acids is 1. The van der Waals surface area contributed by atoms with Crippen molar-refractivity contribution in [1.29, 1.82) is 0 Å². The average molecular weight is 393 g/mol. The third-order valence-corrected chi connectivity index (χ3v) is 5.19. The zero-order chi connectivity index (χ0) is 20.4. The van der Waals surface area contributed by atoms with Crippen LogP contribution in [-0.2, 0) is 0 Å². The molecule has 1 aliphatic rings. The molecule has 0 unspecified atom stereocenters. The summed E-state index contributed by atoms with van der Waals surface area (Å²) < 4.78 is 1.86. The Kier molecular flexibility index (Phi) is 5.33. The van der Waals surface area contributed by atoms with Gasteiger partial charge in [-0.05, 0) is 32.4 Å². The van der Waals surface area contributed by atoms with Gasteiger partial charge in [-0.1, -0.05) is 24.6 Å². The van der Waals surface area contributed by atoms with Crippen molar-refractivity contribution in [3.63, 3.8) is 0 Å². The fourth-order valence-electron chi connectivity index (χ4n) is 3.58. The molecule has 0 radical (unpaired) electrons. The van der Waals surface area contributed by atoms with Crippen LogP contribution in [0, 0.1) is 13.8 Å². The Balaban J connectivity index is 1.59. The summed E-state index contributed by atoms with van der Waals surface area (Å²) in [5, 5.41) is 8.46. The van der Waals surface area contributed by atoms with Crippen molar-refractivity contribution in [3.05, 3.63) is 41.9 Å². The predicted molar refractivity (Wildman–Crippen MR) is 114 cm³/mol. The molecule has 3 aromatic rings. The lowest BCUT2D eigenvalue weighted by molar-refractivity contribution is 0.194. The van der Waals surface area contributed by atoms with Crippen LogP contribution >= 0.6 is 0 Å². The highest BCUT2D eigenvalue weighted by molar-refractivity contribution is 5.88. The van der Waals surface area contributed by atoms with Gasteiger partial charge in [0, 0.05) is 32.7 Å². The first-order valence-electron chi connectivity index (χ1n) is 10.1. The van der Waals surface area contributed by atoms with Crippen molar-refractivity contribution in [1.82, 2.24) is 30.0 Å². The highest BCUT2D eigenvalue weighted by atomic mass is 16.2. The fraction of sp³-hybridized carbons (Fsp3) is 0.429. The van der Waals surface area contributed by atoms with Gasteiger partial charge in [-0.3, -0.25) is 0 Å². The van der Waals surface area contributed by atoms with Crippen LogP contribution in [0.4, 0.5) is 10.6 Å². The number of urea groups is 1. The molecule has 0 atom stereocenters. The van der Waals surface area contributed by atoms with Gasteiger partial charge in [0.25, 0.3) is 0 Å². The molecule has 0 bridgehead atoms. The van der Waals surface area contributed by atoms with Gasteiger partial charge in [-0.15, -0.1) is 0 Å². The Morgan fingerprint density at radius 3 is 2.48 bits per heavy atom. The molecule has 4 rings (SSSR count). The number of rotatable bonds is 4. The summed E-state index contributed by atoms with van der Waals surface area (Å²) in [4.78, 5) is 25.7. The monoisotopic (exact) mass is 393 g/mol. The predicted octanol–water partition coefficient (Wildman–Crippen LogP) is 2.67. The number of piperazine rings is 1. The third kappa shape index (κ3) is 3.87. The summed E-state index contributed by atoms with van der Waals surface area (Å²) in [6, 6.07) is 8.25. The zero-order valence-corrected chi connectivity index (χ0v) is 17.2. The van der Waals surface area contributed by atoms with Gasteiger partial charge in [0.1, 0.15) is 11.6 Å². The molecular weight excluding hydrogens is 366 g/mol. The molecule has 1 N–H and O–H groups in total. The molecule has 0 saturated carbocycles. The molecule has 0 spiro atoms. The summed E-state index contributed by atoms with van der Waals surface area (Å²) >= 11 is 0. The molecule has 1 aromatic carbocycles. The van der Waals surface area contributed by atoms with Gasteiger partial charge in [-0.2, -0.15) is 5.10 Å². The van der Waals surface area contributed by atoms with E-state index < -0.39 is 0 Å². The second-order valence-corrected chi connectivity index (χ2v) is 7.43. The van der Waals surface area contributed by atoms with Crippen molar-refractivity contribution in [2.45, 2.75) is 27.2 Å². The SMILES string of the molecule is CCCNC(=O)N1CCN(c2nc(C)nc3c2cnn3-c2ccc(C)cc2)CC1. The number of aryl methyl sites for hydroxylation is 2. The maximum absolute atomic E-state index is 12.2. The van der Waals surface area contributed by atoms with Gasteiger partial charge < -0.3 is 15.1 Å². The molecule has 29 heavy (non-hydrogen) atoms. The second kappa shape index (κ2) is 8.06. The van der Waals surface area contributed by atoms with E-state index in [1.165, 1.54) is 5.56 Å². The maximum atomic E-state index is 12.2. The van der Waals surface area contributed by atoms with Crippen LogP contribution in [0.5, 0.6) is 0 Å². The number of anilines is 1. The molecule has 8 nitrogen and oxygen atoms in total. The lowest BCUT2D eigenvalue weighted by Crippen LogP contribution is -2.52. The van der Waals surface area contributed by atoms with E-state index >= 15 is 0 Å². The van der Waals surface area contributed by atoms with Crippen LogP contribution in [0.15, 0.2) is 30.5 Å². The molecule has 1 saturated heterocycles. The van der Waals surface area contributed by atoms with Crippen molar-refractivity contribution >= 4 is 22.9 Å². The van der Waals surface area contributed by atoms with Crippen LogP contribution in [0.25, 0.3) is 16.7 Å². The van der Waals surface area contributed by atoms with E-state index in [9.17, 15) is 4.79 Å². The van der Waals surface area contributed by atoms with Crippen molar-refractivity contribution in [3.8, 4) is 5.69 Å². The first-order chi connectivity index (χ1) is 14.1. The number of nitrogens with one attached hydrogen (secondary N) is 1. The summed E-state index contributed by atoms with van der Waals surface area (Å²) in [7, 11) is 0. The van der Waals surface area contributed by atoms with Gasteiger partial charge in [0.2, 0.25) is 0 Å². The Morgan fingerprint density at radius 1 is 1.07 bits per heavy atom. The van der Waals surface area contributed by atoms with Crippen molar-refractivity contribution in [2.75, 3.05) is 37.6 Å². The number of hydrogen-bond acceptors (Lipinski definition) is 5. The first-order valence-corrected chi connectivity index (χ1v) is 10.1. The van der Waals surface area contributed by atoms with Gasteiger partial charge in [-0.25, -0.2) is 19.4 Å². The molecule has 1 aliphatic heterocycles. The molecule has 152 valence electrons. The van der Waals surface area contributed by atoms with Gasteiger partial charge in [0.15, 0.2) is 5.65 Å². The minimum Gasteiger partial charge on any atom is -0.352 e. The van der Waals surface area contributed by atoms with Crippen LogP contribution in [0.3, 0.4) is 0 Å². The number of benzene rings is 1. The molecule has 2 amide bonds. The third-order valence-electron chi connectivity index (χ3n) is 5.19. The number of aromatic nitrogens is 4. The molecular formula is C21H27N7O. The minimum atomic E-state index is 0.0164. The van der Waals surface area contributed by atoms with E-state index in [0.29, 0.717) is 25.5 Å². The maximum Gasteiger partial charge on any atom is 0.317 e. The summed E-state index contributed by atoms with van der Waals surface area (Å²) in [5.41, 5.74) is 2.99. The molecule has 3 heterocycles. The highest BCUT2D eigenvalue weighted by Gasteiger charge is 2.24. The summed E-state index contributed by atoms with van der Waals surface area (Å²) in [5.74, 6) is 1.60. The molecule has 1 fully saturated rings. The lowest BCUT2D eigenvalue weighted by Gasteiger charge is -2.35. The van der Waals surface area contributed by atoms with E-state index in [-0.39, 0.29) is 6.03 Å². The smallest absolute Gasteiger partial charge is 0.317 e. The Labute approximate surface area is 170 Å². The fourth-order valence-corrected chi connectivity index (χ4v) is 3.58. The van der Waals surface area contributed by atoms with Crippen LogP contribution in [0.2, 0.25) is 0 Å². The van der Waals surface area contributed by atoms with E-state index in [0.717, 1.165) is 42.0 Å². The van der Waals surface area contributed by atoms with E-state index in [2.05, 4.69) is 46.3 Å². The number of fused-ring (bicyclic) bond motifs is 1. The number of amides is 2. The topological polar surface area (TPSA) is 79.2 Å². The van der Waals surface area contributed by atoms with E-state index in [4.69, 9.17) is 4.98 Å². The van der Waals surface area contributed by atoms with Crippen molar-refractivity contribution < 1.29 is 4.79 Å². The Bertz CT molecular complexity index is 1000. The standard InChI is InChI=1S/C21H27N7O/c1-4-9-22-21(29)27-12-10-26(11-13-27)19-18-14-23-28(20(18)25-16(3)24-19)17-7-5-15(2)6-8-17/h5-8,14H,4,9-13H2,1-3H3,(H,22,29). The Morgan fingerprint density at radius 2 is 1.79 bits per heavy atom. The van der Waals surface area contributed by atoms with Crippen LogP contribution in [0.1, 0.15) is 24.7 Å². The van der Waals surface area contributed by atoms with Crippen LogP contribution < -0.4 is 10.2 Å². The van der Waals surface area contributed by atoms with Gasteiger partial charge in [0.05, 0.1) is 17.3 Å². The first kappa shape index (κ1) is 19.2. The molecule has 0 aliphatic carbocycles. The van der Waals surface area contributed by atoms with Gasteiger partial charge >= 0.3 is 6.03 Å². The largest absolute Gasteiger partial charge is 0.352 e. The normalized spacial score (nSPS) is 14.4. The minimum absolute atomic E-state index is 0.0164. The lowest BCUT2D eigenvalue weighted by atomic mass is 10.2. The Hall–Kier alpha value is -3.16. The zero-order valence-electron chi connectivity index (χ0n) is 17.2. The van der Waals surface area contributed by atoms with Crippen molar-refractivity contribution in [2.24, 2.45) is 0 Å². The second-order valence-electron chi connectivity index (χ2n) is 7.43. The van der Waals surface area contributed by atoms with E-state index in [1.807, 2.05) is 34.8 Å². The summed E-state index contributed by atoms with van der Waals surface area (Å²) in [6.45, 7) is 9.56. The number of nitrogens with zero attached hydrogens (tertiary/aromatic N) is 6. The highest BCUT2D eigenvalue weighted by Crippen LogP contribution is 2.26. The van der Waals surface area contributed by atoms with E-state index in [1.54, 1.807) is 0 Å². The molecule has 8 heteroatoms.